The largest absolute Gasteiger partial charge is 0.0333 e. The molecule has 10 aromatic carbocycles. The number of hydrogen-bond acceptors (Lipinski definition) is 0. The number of benzene rings is 10. The Morgan fingerprint density at radius 2 is 0.877 bits per heavy atom. The third-order valence-corrected chi connectivity index (χ3v) is 16.5. The van der Waals surface area contributed by atoms with E-state index in [1.54, 1.807) is 0 Å². The first kappa shape index (κ1) is 38.0. The number of hydrogen-bond donors (Lipinski definition) is 0. The molecule has 0 saturated heterocycles. The maximum Gasteiger partial charge on any atom is -0.0280 e. The molecule has 2 aromatic heterocycles. The van der Waals surface area contributed by atoms with Crippen molar-refractivity contribution in [3.8, 4) is 72.4 Å². The molecule has 0 amide bonds. The van der Waals surface area contributed by atoms with Gasteiger partial charge >= 0.3 is 249 Å². The van der Waals surface area contributed by atoms with Crippen molar-refractivity contribution in [3.63, 3.8) is 0 Å². The third kappa shape index (κ3) is 6.13. The van der Waals surface area contributed by atoms with Gasteiger partial charge in [-0.2, -0.15) is 0 Å². The summed E-state index contributed by atoms with van der Waals surface area (Å²) in [7, 11) is 0. The van der Waals surface area contributed by atoms with Gasteiger partial charge in [0.05, 0.1) is 0 Å². The fourth-order valence-electron chi connectivity index (χ4n) is 10.7. The summed E-state index contributed by atoms with van der Waals surface area (Å²) in [5.41, 5.74) is 21.2. The molecule has 0 aliphatic heterocycles. The fourth-order valence-corrected chi connectivity index (χ4v) is 13.3. The zero-order valence-electron chi connectivity index (χ0n) is 36.2. The Kier molecular flexibility index (Phi) is 8.65. The van der Waals surface area contributed by atoms with Crippen molar-refractivity contribution in [1.82, 2.24) is 4.57 Å². The van der Waals surface area contributed by atoms with Gasteiger partial charge in [-0.05, 0) is 40.5 Å². The van der Waals surface area contributed by atoms with Gasteiger partial charge in [-0.3, -0.25) is 0 Å². The van der Waals surface area contributed by atoms with E-state index in [4.69, 9.17) is 0 Å². The summed E-state index contributed by atoms with van der Waals surface area (Å²) in [6.45, 7) is 4.74. The third-order valence-electron chi connectivity index (χ3n) is 14.0. The van der Waals surface area contributed by atoms with E-state index in [1.165, 1.54) is 125 Å². The van der Waals surface area contributed by atoms with Crippen LogP contribution in [0.4, 0.5) is 0 Å². The van der Waals surface area contributed by atoms with Crippen molar-refractivity contribution in [2.24, 2.45) is 0 Å². The molecule has 1 aliphatic rings. The molecule has 0 unspecified atom stereocenters. The van der Waals surface area contributed by atoms with Crippen molar-refractivity contribution in [3.05, 3.63) is 236 Å². The van der Waals surface area contributed by atoms with E-state index in [2.05, 4.69) is 243 Å². The van der Waals surface area contributed by atoms with E-state index in [1.807, 2.05) is 0 Å². The Balaban J connectivity index is 1.03. The Bertz CT molecular complexity index is 3830. The summed E-state index contributed by atoms with van der Waals surface area (Å²) in [5.74, 6) is 0. The molecule has 1 nitrogen and oxygen atoms in total. The second-order valence-corrected chi connectivity index (χ2v) is 20.3. The normalized spacial score (nSPS) is 12.9. The first-order chi connectivity index (χ1) is 32.0. The summed E-state index contributed by atoms with van der Waals surface area (Å²) < 4.78 is 5.42. The van der Waals surface area contributed by atoms with Gasteiger partial charge in [-0.1, -0.05) is 92.7 Å². The summed E-state index contributed by atoms with van der Waals surface area (Å²) in [6, 6.07) is 84.0. The number of nitrogens with zero attached hydrogens (tertiary/aromatic N) is 1. The Morgan fingerprint density at radius 3 is 1.66 bits per heavy atom. The topological polar surface area (TPSA) is 4.93 Å². The molecule has 0 spiro atoms. The molecule has 0 bridgehead atoms. The van der Waals surface area contributed by atoms with Crippen LogP contribution in [-0.4, -0.2) is 19.1 Å². The monoisotopic (exact) mass is 893 g/mol. The quantitative estimate of drug-likeness (QED) is 0.147. The number of para-hydroxylation sites is 1. The molecular formula is C63H43NSe. The van der Waals surface area contributed by atoms with Crippen LogP contribution in [0.15, 0.2) is 224 Å². The SMILES string of the molecule is CC1(C)c2ccccc2-c2ccc(-n3c4ccccc4c4ccc(-c5cc(-c6ccc(-c7ccccc7)cc6)cc(-c6cc(-c7ccccc7)c7[se]c8ccccc8c7c6)c5)cc43)cc21. The maximum atomic E-state index is 2.49. The average Bonchev–Trinajstić information content (AvgIpc) is 3.99. The molecular weight excluding hydrogens is 850 g/mol. The fraction of sp³-hybridized carbons (Fsp3) is 0.0476. The van der Waals surface area contributed by atoms with Crippen LogP contribution in [0.5, 0.6) is 0 Å². The number of aromatic nitrogens is 1. The first-order valence-electron chi connectivity index (χ1n) is 22.6. The van der Waals surface area contributed by atoms with Gasteiger partial charge in [0, 0.05) is 5.41 Å². The van der Waals surface area contributed by atoms with Gasteiger partial charge in [0.25, 0.3) is 0 Å². The van der Waals surface area contributed by atoms with Crippen molar-refractivity contribution in [2.75, 3.05) is 0 Å². The molecule has 0 N–H and O–H groups in total. The summed E-state index contributed by atoms with van der Waals surface area (Å²) in [4.78, 5) is 0. The predicted molar refractivity (Wildman–Crippen MR) is 277 cm³/mol. The average molecular weight is 893 g/mol. The van der Waals surface area contributed by atoms with Gasteiger partial charge in [0.1, 0.15) is 0 Å². The van der Waals surface area contributed by atoms with Crippen molar-refractivity contribution < 1.29 is 0 Å². The van der Waals surface area contributed by atoms with E-state index in [0.29, 0.717) is 0 Å². The molecule has 0 radical (unpaired) electrons. The smallest absolute Gasteiger partial charge is 0.0280 e. The second kappa shape index (κ2) is 14.8. The van der Waals surface area contributed by atoms with E-state index in [-0.39, 0.29) is 19.9 Å². The van der Waals surface area contributed by atoms with Gasteiger partial charge in [0.15, 0.2) is 0 Å². The maximum absolute atomic E-state index is 2.49. The minimum absolute atomic E-state index is 0.0943. The van der Waals surface area contributed by atoms with Gasteiger partial charge in [-0.25, -0.2) is 0 Å². The predicted octanol–water partition coefficient (Wildman–Crippen LogP) is 16.8. The summed E-state index contributed by atoms with van der Waals surface area (Å²) >= 11 is 0.232. The zero-order valence-corrected chi connectivity index (χ0v) is 37.9. The number of fused-ring (bicyclic) bond motifs is 9. The first-order valence-corrected chi connectivity index (χ1v) is 24.3. The van der Waals surface area contributed by atoms with Crippen LogP contribution in [-0.2, 0) is 5.41 Å². The van der Waals surface area contributed by atoms with Crippen molar-refractivity contribution in [2.45, 2.75) is 19.3 Å². The van der Waals surface area contributed by atoms with E-state index < -0.39 is 0 Å². The molecule has 65 heavy (non-hydrogen) atoms. The molecule has 0 fully saturated rings. The van der Waals surface area contributed by atoms with E-state index in [9.17, 15) is 0 Å². The van der Waals surface area contributed by atoms with Crippen LogP contribution in [0.3, 0.4) is 0 Å². The van der Waals surface area contributed by atoms with Gasteiger partial charge < -0.3 is 0 Å². The standard InChI is InChI=1S/C63H43NSe/c1-63(2)57-22-12-9-19-50(57)51-32-30-49(39-58(51)63)64-59-23-13-10-20-52(59)53-31-29-44(38-60(53)64)46-33-45(42-27-25-41(26-28-42)40-15-5-3-6-16-40)34-47(35-46)48-36-55(43-17-7-4-8-18-43)62-56(37-48)54-21-11-14-24-61(54)65-62/h3-39H,1-2H3. The molecule has 12 aromatic rings. The Labute approximate surface area is 385 Å². The molecule has 13 rings (SSSR count). The van der Waals surface area contributed by atoms with E-state index in [0.717, 1.165) is 0 Å². The van der Waals surface area contributed by atoms with Crippen LogP contribution >= 0.6 is 0 Å². The number of rotatable bonds is 6. The molecule has 2 heterocycles. The van der Waals surface area contributed by atoms with Crippen LogP contribution in [0, 0.1) is 0 Å². The minimum atomic E-state index is -0.0943. The molecule has 0 atom stereocenters. The van der Waals surface area contributed by atoms with Crippen LogP contribution in [0.25, 0.3) is 114 Å². The molecule has 0 saturated carbocycles. The molecule has 1 aliphatic carbocycles. The summed E-state index contributed by atoms with van der Waals surface area (Å²) in [6.07, 6.45) is 0. The van der Waals surface area contributed by atoms with Gasteiger partial charge in [-0.15, -0.1) is 0 Å². The van der Waals surface area contributed by atoms with Crippen LogP contribution in [0.1, 0.15) is 25.0 Å². The van der Waals surface area contributed by atoms with Crippen LogP contribution < -0.4 is 0 Å². The van der Waals surface area contributed by atoms with Crippen LogP contribution in [0.2, 0.25) is 0 Å². The summed E-state index contributed by atoms with van der Waals surface area (Å²) in [5, 5.41) is 5.25. The Morgan fingerprint density at radius 1 is 0.323 bits per heavy atom. The van der Waals surface area contributed by atoms with Gasteiger partial charge in [0.2, 0.25) is 0 Å². The minimum Gasteiger partial charge on any atom is -0.0333 e. The van der Waals surface area contributed by atoms with E-state index >= 15 is 0 Å². The second-order valence-electron chi connectivity index (χ2n) is 18.1. The van der Waals surface area contributed by atoms with Crippen molar-refractivity contribution >= 4 is 55.6 Å². The van der Waals surface area contributed by atoms with Crippen molar-refractivity contribution in [1.29, 1.82) is 0 Å². The molecule has 306 valence electrons. The Hall–Kier alpha value is -7.48. The zero-order chi connectivity index (χ0) is 43.2. The molecule has 2 heteroatoms.